The Morgan fingerprint density at radius 2 is 2.47 bits per heavy atom. The number of esters is 1. The van der Waals surface area contributed by atoms with Gasteiger partial charge in [-0.1, -0.05) is 0 Å². The van der Waals surface area contributed by atoms with E-state index >= 15 is 0 Å². The number of methoxy groups -OCH3 is 1. The smallest absolute Gasteiger partial charge is 0.323 e. The summed E-state index contributed by atoms with van der Waals surface area (Å²) < 4.78 is 4.74. The Balaban J connectivity index is 2.01. The van der Waals surface area contributed by atoms with Gasteiger partial charge < -0.3 is 4.74 Å². The highest BCUT2D eigenvalue weighted by Crippen LogP contribution is 2.26. The van der Waals surface area contributed by atoms with Gasteiger partial charge in [0.15, 0.2) is 0 Å². The van der Waals surface area contributed by atoms with Crippen molar-refractivity contribution in [1.82, 2.24) is 5.32 Å². The Morgan fingerprint density at radius 3 is 3.13 bits per heavy atom. The number of hydrogen-bond acceptors (Lipinski definition) is 5. The van der Waals surface area contributed by atoms with Gasteiger partial charge in [-0.25, -0.2) is 0 Å². The molecule has 0 spiro atoms. The Kier molecular flexibility index (Phi) is 3.66. The maximum atomic E-state index is 11.4. The molecule has 0 aliphatic carbocycles. The summed E-state index contributed by atoms with van der Waals surface area (Å²) in [6.07, 6.45) is 0. The Hall–Kier alpha value is -0.520. The van der Waals surface area contributed by atoms with Crippen molar-refractivity contribution in [1.29, 1.82) is 0 Å². The molecule has 82 valence electrons. The van der Waals surface area contributed by atoms with Crippen LogP contribution in [0.15, 0.2) is 16.8 Å². The van der Waals surface area contributed by atoms with E-state index in [0.717, 1.165) is 11.5 Å². The van der Waals surface area contributed by atoms with E-state index in [1.54, 1.807) is 23.1 Å². The third kappa shape index (κ3) is 2.53. The van der Waals surface area contributed by atoms with Crippen LogP contribution in [-0.2, 0) is 9.53 Å². The van der Waals surface area contributed by atoms with Gasteiger partial charge in [0, 0.05) is 17.5 Å². The lowest BCUT2D eigenvalue weighted by molar-refractivity contribution is -0.142. The van der Waals surface area contributed by atoms with Crippen molar-refractivity contribution in [3.8, 4) is 0 Å². The van der Waals surface area contributed by atoms with Crippen molar-refractivity contribution >= 4 is 29.1 Å². The first-order valence-electron chi connectivity index (χ1n) is 4.75. The molecule has 1 aliphatic rings. The maximum Gasteiger partial charge on any atom is 0.323 e. The molecule has 1 aromatic rings. The van der Waals surface area contributed by atoms with Gasteiger partial charge in [-0.2, -0.15) is 23.1 Å². The quantitative estimate of drug-likeness (QED) is 0.802. The zero-order chi connectivity index (χ0) is 10.7. The summed E-state index contributed by atoms with van der Waals surface area (Å²) in [4.78, 5) is 11.4. The standard InChI is InChI=1S/C10H13NO2S2/c1-13-10(12)9-6-15-5-8(11-9)7-2-3-14-4-7/h2-4,8-9,11H,5-6H2,1H3. The van der Waals surface area contributed by atoms with Gasteiger partial charge in [0.25, 0.3) is 0 Å². The van der Waals surface area contributed by atoms with E-state index in [0.29, 0.717) is 0 Å². The second kappa shape index (κ2) is 5.01. The molecule has 2 atom stereocenters. The second-order valence-corrected chi connectivity index (χ2v) is 5.24. The van der Waals surface area contributed by atoms with E-state index in [9.17, 15) is 4.79 Å². The molecule has 15 heavy (non-hydrogen) atoms. The molecule has 0 saturated carbocycles. The van der Waals surface area contributed by atoms with Gasteiger partial charge in [0.05, 0.1) is 7.11 Å². The molecule has 0 amide bonds. The van der Waals surface area contributed by atoms with E-state index in [-0.39, 0.29) is 18.1 Å². The monoisotopic (exact) mass is 243 g/mol. The highest BCUT2D eigenvalue weighted by molar-refractivity contribution is 7.99. The number of carbonyl (C=O) groups excluding carboxylic acids is 1. The van der Waals surface area contributed by atoms with Crippen molar-refractivity contribution in [2.75, 3.05) is 18.6 Å². The molecule has 2 unspecified atom stereocenters. The highest BCUT2D eigenvalue weighted by atomic mass is 32.2. The first-order valence-corrected chi connectivity index (χ1v) is 6.84. The zero-order valence-electron chi connectivity index (χ0n) is 8.43. The van der Waals surface area contributed by atoms with Crippen molar-refractivity contribution in [2.45, 2.75) is 12.1 Å². The molecule has 0 aromatic carbocycles. The Morgan fingerprint density at radius 1 is 1.60 bits per heavy atom. The van der Waals surface area contributed by atoms with Crippen molar-refractivity contribution in [2.24, 2.45) is 0 Å². The van der Waals surface area contributed by atoms with Crippen molar-refractivity contribution in [3.63, 3.8) is 0 Å². The predicted molar refractivity (Wildman–Crippen MR) is 63.3 cm³/mol. The minimum Gasteiger partial charge on any atom is -0.468 e. The van der Waals surface area contributed by atoms with Crippen molar-refractivity contribution < 1.29 is 9.53 Å². The van der Waals surface area contributed by atoms with E-state index in [1.165, 1.54) is 12.7 Å². The first kappa shape index (κ1) is 11.0. The van der Waals surface area contributed by atoms with Gasteiger partial charge in [-0.05, 0) is 22.4 Å². The molecule has 2 heterocycles. The van der Waals surface area contributed by atoms with Crippen LogP contribution in [0.1, 0.15) is 11.6 Å². The molecular formula is C10H13NO2S2. The van der Waals surface area contributed by atoms with Crippen LogP contribution in [0.5, 0.6) is 0 Å². The highest BCUT2D eigenvalue weighted by Gasteiger charge is 2.28. The summed E-state index contributed by atoms with van der Waals surface area (Å²) in [5.41, 5.74) is 1.26. The largest absolute Gasteiger partial charge is 0.468 e. The number of nitrogens with one attached hydrogen (secondary N) is 1. The molecular weight excluding hydrogens is 230 g/mol. The molecule has 1 aliphatic heterocycles. The number of rotatable bonds is 2. The van der Waals surface area contributed by atoms with Crippen LogP contribution in [0.2, 0.25) is 0 Å². The van der Waals surface area contributed by atoms with E-state index in [2.05, 4.69) is 22.1 Å². The topological polar surface area (TPSA) is 38.3 Å². The third-order valence-corrected chi connectivity index (χ3v) is 4.24. The molecule has 2 rings (SSSR count). The van der Waals surface area contributed by atoms with Crippen molar-refractivity contribution in [3.05, 3.63) is 22.4 Å². The zero-order valence-corrected chi connectivity index (χ0v) is 10.1. The van der Waals surface area contributed by atoms with Gasteiger partial charge in [-0.15, -0.1) is 0 Å². The number of thioether (sulfide) groups is 1. The van der Waals surface area contributed by atoms with Crippen LogP contribution in [0.4, 0.5) is 0 Å². The Bertz CT molecular complexity index is 326. The average Bonchev–Trinajstić information content (AvgIpc) is 2.82. The minimum atomic E-state index is -0.168. The number of thiophene rings is 1. The van der Waals surface area contributed by atoms with Crippen LogP contribution in [0, 0.1) is 0 Å². The average molecular weight is 243 g/mol. The number of ether oxygens (including phenoxy) is 1. The maximum absolute atomic E-state index is 11.4. The van der Waals surface area contributed by atoms with E-state index in [1.807, 2.05) is 0 Å². The Labute approximate surface area is 97.2 Å². The number of carbonyl (C=O) groups is 1. The molecule has 1 aromatic heterocycles. The minimum absolute atomic E-state index is 0.164. The number of hydrogen-bond donors (Lipinski definition) is 1. The molecule has 5 heteroatoms. The van der Waals surface area contributed by atoms with Crippen LogP contribution in [-0.4, -0.2) is 30.6 Å². The molecule has 1 saturated heterocycles. The van der Waals surface area contributed by atoms with Gasteiger partial charge in [-0.3, -0.25) is 10.1 Å². The summed E-state index contributed by atoms with van der Waals surface area (Å²) in [5, 5.41) is 7.50. The summed E-state index contributed by atoms with van der Waals surface area (Å²) in [6, 6.07) is 2.21. The molecule has 0 radical (unpaired) electrons. The molecule has 1 fully saturated rings. The summed E-state index contributed by atoms with van der Waals surface area (Å²) >= 11 is 3.48. The lowest BCUT2D eigenvalue weighted by atomic mass is 10.1. The van der Waals surface area contributed by atoms with Crippen LogP contribution in [0.3, 0.4) is 0 Å². The molecule has 3 nitrogen and oxygen atoms in total. The van der Waals surface area contributed by atoms with Gasteiger partial charge in [0.2, 0.25) is 0 Å². The predicted octanol–water partition coefficient (Wildman–Crippen LogP) is 1.67. The lowest BCUT2D eigenvalue weighted by Gasteiger charge is -2.28. The van der Waals surface area contributed by atoms with Gasteiger partial charge >= 0.3 is 5.97 Å². The van der Waals surface area contributed by atoms with Crippen LogP contribution >= 0.6 is 23.1 Å². The van der Waals surface area contributed by atoms with E-state index < -0.39 is 0 Å². The summed E-state index contributed by atoms with van der Waals surface area (Å²) in [7, 11) is 1.43. The van der Waals surface area contributed by atoms with Crippen LogP contribution in [0.25, 0.3) is 0 Å². The fraction of sp³-hybridized carbons (Fsp3) is 0.500. The first-order chi connectivity index (χ1) is 7.31. The fourth-order valence-electron chi connectivity index (χ4n) is 1.59. The SMILES string of the molecule is COC(=O)C1CSCC(c2ccsc2)N1. The lowest BCUT2D eigenvalue weighted by Crippen LogP contribution is -2.45. The third-order valence-electron chi connectivity index (χ3n) is 2.40. The fourth-order valence-corrected chi connectivity index (χ4v) is 3.43. The summed E-state index contributed by atoms with van der Waals surface area (Å²) in [5.74, 6) is 1.65. The van der Waals surface area contributed by atoms with E-state index in [4.69, 9.17) is 4.74 Å². The summed E-state index contributed by atoms with van der Waals surface area (Å²) in [6.45, 7) is 0. The molecule has 0 bridgehead atoms. The normalized spacial score (nSPS) is 26.2. The van der Waals surface area contributed by atoms with Gasteiger partial charge in [0.1, 0.15) is 6.04 Å². The molecule has 1 N–H and O–H groups in total. The second-order valence-electron chi connectivity index (χ2n) is 3.39. The van der Waals surface area contributed by atoms with Crippen LogP contribution < -0.4 is 5.32 Å².